The van der Waals surface area contributed by atoms with Gasteiger partial charge in [-0.15, -0.1) is 0 Å². The maximum absolute atomic E-state index is 10.4. The lowest BCUT2D eigenvalue weighted by atomic mass is 9.97. The molecule has 3 rings (SSSR count). The van der Waals surface area contributed by atoms with Crippen molar-refractivity contribution >= 4 is 0 Å². The predicted molar refractivity (Wildman–Crippen MR) is 67.8 cm³/mol. The highest BCUT2D eigenvalue weighted by molar-refractivity contribution is 5.46. The van der Waals surface area contributed by atoms with E-state index in [9.17, 15) is 5.11 Å². The summed E-state index contributed by atoms with van der Waals surface area (Å²) in [6, 6.07) is 7.77. The zero-order valence-electron chi connectivity index (χ0n) is 10.3. The van der Waals surface area contributed by atoms with Gasteiger partial charge in [0.25, 0.3) is 0 Å². The first-order valence-electron chi connectivity index (χ1n) is 6.24. The van der Waals surface area contributed by atoms with Gasteiger partial charge in [0.15, 0.2) is 0 Å². The highest BCUT2D eigenvalue weighted by Crippen LogP contribution is 2.36. The Morgan fingerprint density at radius 3 is 2.94 bits per heavy atom. The maximum Gasteiger partial charge on any atom is 0.140 e. The lowest BCUT2D eigenvalue weighted by Crippen LogP contribution is -2.12. The van der Waals surface area contributed by atoms with Gasteiger partial charge in [-0.25, -0.2) is 0 Å². The van der Waals surface area contributed by atoms with Crippen LogP contribution in [-0.4, -0.2) is 11.7 Å². The van der Waals surface area contributed by atoms with Crippen LogP contribution in [0.3, 0.4) is 0 Å². The van der Waals surface area contributed by atoms with E-state index in [0.29, 0.717) is 12.4 Å². The van der Waals surface area contributed by atoms with Crippen molar-refractivity contribution in [2.24, 2.45) is 0 Å². The number of benzene rings is 1. The molecule has 1 aromatic carbocycles. The minimum atomic E-state index is -0.756. The van der Waals surface area contributed by atoms with Crippen molar-refractivity contribution < 1.29 is 14.3 Å². The highest BCUT2D eigenvalue weighted by Gasteiger charge is 2.23. The number of hydrogen-bond donors (Lipinski definition) is 1. The van der Waals surface area contributed by atoms with E-state index in [1.54, 1.807) is 6.26 Å². The van der Waals surface area contributed by atoms with E-state index < -0.39 is 6.10 Å². The Balaban J connectivity index is 2.04. The molecule has 2 aromatic rings. The molecule has 1 atom stereocenters. The summed E-state index contributed by atoms with van der Waals surface area (Å²) < 4.78 is 11.1. The van der Waals surface area contributed by atoms with Crippen LogP contribution in [0.1, 0.15) is 35.0 Å². The van der Waals surface area contributed by atoms with Crippen molar-refractivity contribution in [2.75, 3.05) is 6.61 Å². The molecule has 3 heteroatoms. The topological polar surface area (TPSA) is 42.6 Å². The number of aliphatic hydroxyl groups excluding tert-OH is 1. The van der Waals surface area contributed by atoms with E-state index in [4.69, 9.17) is 9.15 Å². The average Bonchev–Trinajstić information content (AvgIpc) is 2.83. The van der Waals surface area contributed by atoms with Crippen LogP contribution in [0, 0.1) is 6.92 Å². The van der Waals surface area contributed by atoms with Gasteiger partial charge in [0.2, 0.25) is 0 Å². The molecule has 0 spiro atoms. The number of furan rings is 1. The number of ether oxygens (including phenoxy) is 1. The summed E-state index contributed by atoms with van der Waals surface area (Å²) in [7, 11) is 0. The Morgan fingerprint density at radius 1 is 1.28 bits per heavy atom. The summed E-state index contributed by atoms with van der Waals surface area (Å²) in [5.41, 5.74) is 2.92. The summed E-state index contributed by atoms with van der Waals surface area (Å²) in [5, 5.41) is 10.4. The van der Waals surface area contributed by atoms with Crippen LogP contribution < -0.4 is 4.74 Å². The summed E-state index contributed by atoms with van der Waals surface area (Å²) in [6.07, 6.45) is 2.89. The molecule has 0 saturated heterocycles. The second-order valence-electron chi connectivity index (χ2n) is 4.66. The predicted octanol–water partition coefficient (Wildman–Crippen LogP) is 2.99. The van der Waals surface area contributed by atoms with E-state index in [-0.39, 0.29) is 0 Å². The Morgan fingerprint density at radius 2 is 2.17 bits per heavy atom. The molecular formula is C15H16O3. The van der Waals surface area contributed by atoms with Crippen molar-refractivity contribution in [1.29, 1.82) is 0 Å². The largest absolute Gasteiger partial charge is 0.493 e. The molecule has 1 aromatic heterocycles. The quantitative estimate of drug-likeness (QED) is 0.883. The maximum atomic E-state index is 10.4. The number of hydrogen-bond acceptors (Lipinski definition) is 3. The van der Waals surface area contributed by atoms with Crippen molar-refractivity contribution in [1.82, 2.24) is 0 Å². The molecule has 1 unspecified atom stereocenters. The molecular weight excluding hydrogens is 228 g/mol. The van der Waals surface area contributed by atoms with Gasteiger partial charge in [-0.05, 0) is 37.0 Å². The lowest BCUT2D eigenvalue weighted by molar-refractivity contribution is 0.179. The van der Waals surface area contributed by atoms with E-state index in [0.717, 1.165) is 29.7 Å². The molecule has 0 bridgehead atoms. The Hall–Kier alpha value is -1.74. The fraction of sp³-hybridized carbons (Fsp3) is 0.333. The second-order valence-corrected chi connectivity index (χ2v) is 4.66. The molecule has 0 amide bonds. The molecule has 0 fully saturated rings. The third-order valence-electron chi connectivity index (χ3n) is 3.41. The van der Waals surface area contributed by atoms with Gasteiger partial charge in [-0.1, -0.05) is 18.2 Å². The molecule has 0 radical (unpaired) electrons. The zero-order valence-corrected chi connectivity index (χ0v) is 10.3. The fourth-order valence-corrected chi connectivity index (χ4v) is 2.44. The van der Waals surface area contributed by atoms with Crippen molar-refractivity contribution in [3.05, 3.63) is 53.0 Å². The molecule has 18 heavy (non-hydrogen) atoms. The second kappa shape index (κ2) is 4.50. The van der Waals surface area contributed by atoms with Gasteiger partial charge in [0, 0.05) is 5.56 Å². The van der Waals surface area contributed by atoms with E-state index in [1.165, 1.54) is 5.56 Å². The van der Waals surface area contributed by atoms with Crippen LogP contribution in [0.2, 0.25) is 0 Å². The SMILES string of the molecule is Cc1ccoc1C(O)c1cccc2c1OCCC2. The summed E-state index contributed by atoms with van der Waals surface area (Å²) in [6.45, 7) is 2.65. The Labute approximate surface area is 106 Å². The average molecular weight is 244 g/mol. The van der Waals surface area contributed by atoms with Crippen LogP contribution in [0.4, 0.5) is 0 Å². The standard InChI is InChI=1S/C15H16O3/c1-10-7-9-18-14(10)13(16)12-6-2-4-11-5-3-8-17-15(11)12/h2,4,6-7,9,13,16H,3,5,8H2,1H3. The number of rotatable bonds is 2. The normalized spacial score (nSPS) is 15.9. The summed E-state index contributed by atoms with van der Waals surface area (Å²) >= 11 is 0. The van der Waals surface area contributed by atoms with Crippen LogP contribution >= 0.6 is 0 Å². The Bertz CT molecular complexity index is 557. The summed E-state index contributed by atoms with van der Waals surface area (Å²) in [5.74, 6) is 1.42. The first kappa shape index (κ1) is 11.4. The van der Waals surface area contributed by atoms with E-state index >= 15 is 0 Å². The molecule has 1 aliphatic rings. The number of fused-ring (bicyclic) bond motifs is 1. The van der Waals surface area contributed by atoms with Gasteiger partial charge in [-0.2, -0.15) is 0 Å². The van der Waals surface area contributed by atoms with Crippen molar-refractivity contribution in [3.8, 4) is 5.75 Å². The molecule has 0 saturated carbocycles. The highest BCUT2D eigenvalue weighted by atomic mass is 16.5. The van der Waals surface area contributed by atoms with E-state index in [2.05, 4.69) is 6.07 Å². The Kier molecular flexibility index (Phi) is 2.84. The molecule has 3 nitrogen and oxygen atoms in total. The first-order chi connectivity index (χ1) is 8.77. The van der Waals surface area contributed by atoms with E-state index in [1.807, 2.05) is 25.1 Å². The van der Waals surface area contributed by atoms with Gasteiger partial charge >= 0.3 is 0 Å². The monoisotopic (exact) mass is 244 g/mol. The molecule has 1 aliphatic heterocycles. The van der Waals surface area contributed by atoms with Crippen molar-refractivity contribution in [2.45, 2.75) is 25.9 Å². The van der Waals surface area contributed by atoms with Gasteiger partial charge in [0.1, 0.15) is 17.6 Å². The minimum absolute atomic E-state index is 0.595. The minimum Gasteiger partial charge on any atom is -0.493 e. The van der Waals surface area contributed by atoms with Crippen LogP contribution in [0.5, 0.6) is 5.75 Å². The molecule has 0 aliphatic carbocycles. The van der Waals surface area contributed by atoms with Gasteiger partial charge in [0.05, 0.1) is 12.9 Å². The number of aliphatic hydroxyl groups is 1. The van der Waals surface area contributed by atoms with Crippen LogP contribution in [0.25, 0.3) is 0 Å². The van der Waals surface area contributed by atoms with Crippen LogP contribution in [-0.2, 0) is 6.42 Å². The lowest BCUT2D eigenvalue weighted by Gasteiger charge is -2.22. The summed E-state index contributed by atoms with van der Waals surface area (Å²) in [4.78, 5) is 0. The van der Waals surface area contributed by atoms with Gasteiger partial charge in [-0.3, -0.25) is 0 Å². The van der Waals surface area contributed by atoms with Crippen molar-refractivity contribution in [3.63, 3.8) is 0 Å². The van der Waals surface area contributed by atoms with Gasteiger partial charge < -0.3 is 14.3 Å². The van der Waals surface area contributed by atoms with Crippen LogP contribution in [0.15, 0.2) is 34.9 Å². The first-order valence-corrected chi connectivity index (χ1v) is 6.24. The third-order valence-corrected chi connectivity index (χ3v) is 3.41. The molecule has 2 heterocycles. The zero-order chi connectivity index (χ0) is 12.5. The third kappa shape index (κ3) is 1.81. The number of para-hydroxylation sites is 1. The smallest absolute Gasteiger partial charge is 0.140 e. The fourth-order valence-electron chi connectivity index (χ4n) is 2.44. The number of aryl methyl sites for hydroxylation is 2. The molecule has 1 N–H and O–H groups in total. The molecule has 94 valence electrons.